The van der Waals surface area contributed by atoms with E-state index in [4.69, 9.17) is 0 Å². The first-order chi connectivity index (χ1) is 7.21. The van der Waals surface area contributed by atoms with Crippen LogP contribution in [0.25, 0.3) is 0 Å². The normalized spacial score (nSPS) is 30.7. The van der Waals surface area contributed by atoms with Gasteiger partial charge >= 0.3 is 0 Å². The summed E-state index contributed by atoms with van der Waals surface area (Å²) in [5, 5.41) is 10.8. The molecule has 0 amide bonds. The zero-order chi connectivity index (χ0) is 10.7. The Hall–Kier alpha value is -0.470. The summed E-state index contributed by atoms with van der Waals surface area (Å²) < 4.78 is 0. The first-order valence-electron chi connectivity index (χ1n) is 5.59. The molecular formula is C13H18OS. The van der Waals surface area contributed by atoms with Crippen molar-refractivity contribution in [1.29, 1.82) is 0 Å². The van der Waals surface area contributed by atoms with Crippen LogP contribution in [0.2, 0.25) is 0 Å². The second-order valence-corrected chi connectivity index (χ2v) is 5.80. The number of hydrogen-bond acceptors (Lipinski definition) is 2. The monoisotopic (exact) mass is 222 g/mol. The zero-order valence-corrected chi connectivity index (χ0v) is 9.96. The summed E-state index contributed by atoms with van der Waals surface area (Å²) in [7, 11) is 0. The van der Waals surface area contributed by atoms with E-state index in [0.717, 1.165) is 25.0 Å². The minimum atomic E-state index is -0.430. The van der Waals surface area contributed by atoms with Crippen molar-refractivity contribution in [2.45, 2.75) is 37.0 Å². The van der Waals surface area contributed by atoms with Gasteiger partial charge in [-0.3, -0.25) is 0 Å². The second-order valence-electron chi connectivity index (χ2n) is 4.35. The van der Waals surface area contributed by atoms with Crippen LogP contribution in [0.4, 0.5) is 0 Å². The molecule has 0 bridgehead atoms. The van der Waals surface area contributed by atoms with Gasteiger partial charge in [-0.25, -0.2) is 0 Å². The number of aryl methyl sites for hydroxylation is 1. The molecule has 0 spiro atoms. The minimum Gasteiger partial charge on any atom is -0.389 e. The predicted octanol–water partition coefficient (Wildman–Crippen LogP) is 2.88. The van der Waals surface area contributed by atoms with Crippen molar-refractivity contribution in [2.75, 3.05) is 5.75 Å². The molecule has 1 saturated heterocycles. The van der Waals surface area contributed by atoms with Crippen molar-refractivity contribution in [1.82, 2.24) is 0 Å². The lowest BCUT2D eigenvalue weighted by molar-refractivity contribution is 0.0375. The maximum atomic E-state index is 10.4. The minimum absolute atomic E-state index is 0.390. The Morgan fingerprint density at radius 2 is 2.13 bits per heavy atom. The van der Waals surface area contributed by atoms with Gasteiger partial charge in [0.2, 0.25) is 0 Å². The van der Waals surface area contributed by atoms with E-state index >= 15 is 0 Å². The third kappa shape index (κ3) is 2.56. The Labute approximate surface area is 95.9 Å². The van der Waals surface area contributed by atoms with Crippen LogP contribution in [0.5, 0.6) is 0 Å². The highest BCUT2D eigenvalue weighted by Gasteiger charge is 2.38. The maximum Gasteiger partial charge on any atom is 0.0774 e. The van der Waals surface area contributed by atoms with Gasteiger partial charge in [-0.15, -0.1) is 0 Å². The highest BCUT2D eigenvalue weighted by molar-refractivity contribution is 8.00. The Morgan fingerprint density at radius 3 is 2.73 bits per heavy atom. The van der Waals surface area contributed by atoms with Crippen LogP contribution < -0.4 is 0 Å². The van der Waals surface area contributed by atoms with E-state index in [9.17, 15) is 5.11 Å². The van der Waals surface area contributed by atoms with Gasteiger partial charge in [-0.2, -0.15) is 11.8 Å². The highest BCUT2D eigenvalue weighted by Crippen LogP contribution is 2.38. The average molecular weight is 222 g/mol. The number of aliphatic hydroxyl groups is 1. The van der Waals surface area contributed by atoms with Gasteiger partial charge in [0.05, 0.1) is 5.60 Å². The van der Waals surface area contributed by atoms with Crippen molar-refractivity contribution < 1.29 is 5.11 Å². The fourth-order valence-electron chi connectivity index (χ4n) is 2.10. The number of hydrogen-bond donors (Lipinski definition) is 1. The van der Waals surface area contributed by atoms with Crippen molar-refractivity contribution in [3.63, 3.8) is 0 Å². The second kappa shape index (κ2) is 4.58. The summed E-state index contributed by atoms with van der Waals surface area (Å²) >= 11 is 1.89. The molecule has 0 saturated carbocycles. The third-order valence-electron chi connectivity index (χ3n) is 3.35. The van der Waals surface area contributed by atoms with Gasteiger partial charge in [0.25, 0.3) is 0 Å². The standard InChI is InChI=1S/C13H18OS/c1-11-13(14,9-10-15-11)8-7-12-5-3-2-4-6-12/h2-6,11,14H,7-10H2,1H3. The van der Waals surface area contributed by atoms with E-state index in [1.54, 1.807) is 0 Å². The molecule has 1 aliphatic rings. The van der Waals surface area contributed by atoms with Crippen LogP contribution in [-0.2, 0) is 6.42 Å². The molecule has 0 radical (unpaired) electrons. The Morgan fingerprint density at radius 1 is 1.40 bits per heavy atom. The summed E-state index contributed by atoms with van der Waals surface area (Å²) in [6.45, 7) is 2.14. The van der Waals surface area contributed by atoms with Crippen molar-refractivity contribution >= 4 is 11.8 Å². The molecule has 15 heavy (non-hydrogen) atoms. The van der Waals surface area contributed by atoms with Crippen molar-refractivity contribution in [2.24, 2.45) is 0 Å². The van der Waals surface area contributed by atoms with Crippen molar-refractivity contribution in [3.8, 4) is 0 Å². The zero-order valence-electron chi connectivity index (χ0n) is 9.15. The molecule has 1 aromatic carbocycles. The van der Waals surface area contributed by atoms with Gasteiger partial charge in [-0.05, 0) is 30.6 Å². The van der Waals surface area contributed by atoms with E-state index in [1.807, 2.05) is 17.8 Å². The maximum absolute atomic E-state index is 10.4. The van der Waals surface area contributed by atoms with Gasteiger partial charge < -0.3 is 5.11 Å². The molecule has 1 nitrogen and oxygen atoms in total. The topological polar surface area (TPSA) is 20.2 Å². The molecule has 0 aliphatic carbocycles. The fraction of sp³-hybridized carbons (Fsp3) is 0.538. The summed E-state index contributed by atoms with van der Waals surface area (Å²) in [5.41, 5.74) is 0.899. The lowest BCUT2D eigenvalue weighted by Crippen LogP contribution is -2.34. The molecule has 2 rings (SSSR count). The van der Waals surface area contributed by atoms with Crippen LogP contribution in [0.3, 0.4) is 0 Å². The van der Waals surface area contributed by atoms with E-state index in [0.29, 0.717) is 5.25 Å². The van der Waals surface area contributed by atoms with E-state index < -0.39 is 5.60 Å². The molecule has 1 fully saturated rings. The highest BCUT2D eigenvalue weighted by atomic mass is 32.2. The predicted molar refractivity (Wildman–Crippen MR) is 66.2 cm³/mol. The molecule has 2 unspecified atom stereocenters. The van der Waals surface area contributed by atoms with E-state index in [-0.39, 0.29) is 0 Å². The molecular weight excluding hydrogens is 204 g/mol. The Bertz CT molecular complexity index is 312. The number of benzene rings is 1. The molecule has 82 valence electrons. The Balaban J connectivity index is 1.93. The van der Waals surface area contributed by atoms with E-state index in [2.05, 4.69) is 31.2 Å². The first kappa shape index (κ1) is 11.0. The molecule has 2 heteroatoms. The van der Waals surface area contributed by atoms with E-state index in [1.165, 1.54) is 5.56 Å². The molecule has 0 aromatic heterocycles. The third-order valence-corrected chi connectivity index (χ3v) is 4.73. The summed E-state index contributed by atoms with van der Waals surface area (Å²) in [4.78, 5) is 0. The van der Waals surface area contributed by atoms with Crippen LogP contribution >= 0.6 is 11.8 Å². The SMILES string of the molecule is CC1SCCC1(O)CCc1ccccc1. The van der Waals surface area contributed by atoms with Crippen molar-refractivity contribution in [3.05, 3.63) is 35.9 Å². The summed E-state index contributed by atoms with van der Waals surface area (Å²) in [5.74, 6) is 1.10. The first-order valence-corrected chi connectivity index (χ1v) is 6.63. The smallest absolute Gasteiger partial charge is 0.0774 e. The molecule has 1 aliphatic heterocycles. The lowest BCUT2D eigenvalue weighted by Gasteiger charge is -2.26. The number of rotatable bonds is 3. The molecule has 2 atom stereocenters. The summed E-state index contributed by atoms with van der Waals surface area (Å²) in [6, 6.07) is 10.4. The van der Waals surface area contributed by atoms with Gasteiger partial charge in [0, 0.05) is 5.25 Å². The van der Waals surface area contributed by atoms with Crippen LogP contribution in [0, 0.1) is 0 Å². The van der Waals surface area contributed by atoms with Crippen LogP contribution in [0.1, 0.15) is 25.3 Å². The van der Waals surface area contributed by atoms with Crippen LogP contribution in [0.15, 0.2) is 30.3 Å². The quantitative estimate of drug-likeness (QED) is 0.848. The van der Waals surface area contributed by atoms with Crippen LogP contribution in [-0.4, -0.2) is 21.7 Å². The molecule has 1 aromatic rings. The average Bonchev–Trinajstić information content (AvgIpc) is 2.59. The lowest BCUT2D eigenvalue weighted by atomic mass is 9.90. The number of thioether (sulfide) groups is 1. The summed E-state index contributed by atoms with van der Waals surface area (Å²) in [6.07, 6.45) is 2.83. The fourth-order valence-corrected chi connectivity index (χ4v) is 3.48. The Kier molecular flexibility index (Phi) is 3.37. The molecule has 1 N–H and O–H groups in total. The van der Waals surface area contributed by atoms with Gasteiger partial charge in [0.15, 0.2) is 0 Å². The van der Waals surface area contributed by atoms with Gasteiger partial charge in [-0.1, -0.05) is 37.3 Å². The molecule has 1 heterocycles. The largest absolute Gasteiger partial charge is 0.389 e. The van der Waals surface area contributed by atoms with Gasteiger partial charge in [0.1, 0.15) is 0 Å².